The number of esters is 1. The van der Waals surface area contributed by atoms with E-state index in [-0.39, 0.29) is 12.5 Å². The van der Waals surface area contributed by atoms with Gasteiger partial charge in [0.25, 0.3) is 5.91 Å². The van der Waals surface area contributed by atoms with E-state index in [0.717, 1.165) is 5.56 Å². The number of amides is 1. The zero-order valence-corrected chi connectivity index (χ0v) is 14.5. The first-order valence-corrected chi connectivity index (χ1v) is 7.77. The zero-order valence-electron chi connectivity index (χ0n) is 13.8. The summed E-state index contributed by atoms with van der Waals surface area (Å²) in [4.78, 5) is 23.2. The minimum Gasteiger partial charge on any atom is -0.481 e. The summed E-state index contributed by atoms with van der Waals surface area (Å²) in [6.07, 6.45) is 1.43. The summed E-state index contributed by atoms with van der Waals surface area (Å²) in [6.45, 7) is 1.64. The lowest BCUT2D eigenvalue weighted by atomic mass is 10.1. The maximum Gasteiger partial charge on any atom is 0.343 e. The molecule has 2 aromatic carbocycles. The van der Waals surface area contributed by atoms with Crippen molar-refractivity contribution >= 4 is 29.7 Å². The number of nitrogens with one attached hydrogen (secondary N) is 1. The standard InChI is InChI=1S/C18H17ClN2O4/c1-12-7-8-13(9-15(12)19)18(23)21-20-10-14-5-3-4-6-16(14)25-11-17(22)24-2/h3-10H,11H2,1-2H3,(H,21,23)/b20-10-. The lowest BCUT2D eigenvalue weighted by Crippen LogP contribution is -2.18. The molecule has 130 valence electrons. The van der Waals surface area contributed by atoms with Crippen LogP contribution >= 0.6 is 11.6 Å². The summed E-state index contributed by atoms with van der Waals surface area (Å²) in [7, 11) is 1.28. The third-order valence-corrected chi connectivity index (χ3v) is 3.70. The number of methoxy groups -OCH3 is 1. The molecule has 1 N–H and O–H groups in total. The quantitative estimate of drug-likeness (QED) is 0.488. The first-order chi connectivity index (χ1) is 12.0. The number of carbonyl (C=O) groups excluding carboxylic acids is 2. The lowest BCUT2D eigenvalue weighted by Gasteiger charge is -2.07. The highest BCUT2D eigenvalue weighted by molar-refractivity contribution is 6.31. The van der Waals surface area contributed by atoms with Gasteiger partial charge in [-0.1, -0.05) is 29.8 Å². The van der Waals surface area contributed by atoms with Gasteiger partial charge < -0.3 is 9.47 Å². The van der Waals surface area contributed by atoms with E-state index in [9.17, 15) is 9.59 Å². The topological polar surface area (TPSA) is 77.0 Å². The van der Waals surface area contributed by atoms with Crippen molar-refractivity contribution < 1.29 is 19.1 Å². The smallest absolute Gasteiger partial charge is 0.343 e. The second-order valence-electron chi connectivity index (χ2n) is 5.07. The van der Waals surface area contributed by atoms with Gasteiger partial charge in [-0.25, -0.2) is 10.2 Å². The molecular formula is C18H17ClN2O4. The SMILES string of the molecule is COC(=O)COc1ccccc1/C=N\NC(=O)c1ccc(C)c(Cl)c1. The highest BCUT2D eigenvalue weighted by atomic mass is 35.5. The Labute approximate surface area is 150 Å². The van der Waals surface area contributed by atoms with E-state index in [1.165, 1.54) is 13.3 Å². The fourth-order valence-electron chi connectivity index (χ4n) is 1.87. The molecule has 1 amide bonds. The highest BCUT2D eigenvalue weighted by Gasteiger charge is 2.07. The summed E-state index contributed by atoms with van der Waals surface area (Å²) in [5.74, 6) is -0.424. The van der Waals surface area contributed by atoms with Crippen molar-refractivity contribution in [1.29, 1.82) is 0 Å². The van der Waals surface area contributed by atoms with E-state index >= 15 is 0 Å². The van der Waals surface area contributed by atoms with Gasteiger partial charge in [-0.05, 0) is 36.8 Å². The van der Waals surface area contributed by atoms with Crippen LogP contribution in [0.2, 0.25) is 5.02 Å². The molecule has 7 heteroatoms. The summed E-state index contributed by atoms with van der Waals surface area (Å²) in [6, 6.07) is 12.0. The molecule has 0 saturated heterocycles. The summed E-state index contributed by atoms with van der Waals surface area (Å²) >= 11 is 6.01. The van der Waals surface area contributed by atoms with Crippen LogP contribution in [0, 0.1) is 6.92 Å². The Morgan fingerprint density at radius 3 is 2.72 bits per heavy atom. The van der Waals surface area contributed by atoms with Crippen molar-refractivity contribution in [2.75, 3.05) is 13.7 Å². The molecule has 0 unspecified atom stereocenters. The number of rotatable bonds is 6. The van der Waals surface area contributed by atoms with Crippen molar-refractivity contribution in [1.82, 2.24) is 5.43 Å². The normalized spacial score (nSPS) is 10.5. The molecule has 2 rings (SSSR count). The Morgan fingerprint density at radius 1 is 1.24 bits per heavy atom. The van der Waals surface area contributed by atoms with E-state index in [1.807, 2.05) is 6.92 Å². The van der Waals surface area contributed by atoms with Crippen LogP contribution in [-0.2, 0) is 9.53 Å². The van der Waals surface area contributed by atoms with E-state index in [2.05, 4.69) is 15.3 Å². The van der Waals surface area contributed by atoms with Gasteiger partial charge in [0.05, 0.1) is 13.3 Å². The number of para-hydroxylation sites is 1. The molecule has 0 fully saturated rings. The number of benzene rings is 2. The van der Waals surface area contributed by atoms with Gasteiger partial charge in [0, 0.05) is 16.1 Å². The predicted octanol–water partition coefficient (Wildman–Crippen LogP) is 2.96. The molecular weight excluding hydrogens is 344 g/mol. The van der Waals surface area contributed by atoms with Crippen molar-refractivity contribution in [3.05, 3.63) is 64.2 Å². The molecule has 25 heavy (non-hydrogen) atoms. The van der Waals surface area contributed by atoms with Crippen molar-refractivity contribution in [3.63, 3.8) is 0 Å². The van der Waals surface area contributed by atoms with Gasteiger partial charge >= 0.3 is 5.97 Å². The third-order valence-electron chi connectivity index (χ3n) is 3.30. The molecule has 0 saturated carbocycles. The van der Waals surface area contributed by atoms with Gasteiger partial charge in [-0.3, -0.25) is 4.79 Å². The van der Waals surface area contributed by atoms with Crippen LogP contribution in [0.4, 0.5) is 0 Å². The van der Waals surface area contributed by atoms with Crippen LogP contribution in [0.5, 0.6) is 5.75 Å². The Morgan fingerprint density at radius 2 is 2.00 bits per heavy atom. The molecule has 2 aromatic rings. The molecule has 6 nitrogen and oxygen atoms in total. The maximum atomic E-state index is 12.1. The number of hydrogen-bond donors (Lipinski definition) is 1. The number of hydrogen-bond acceptors (Lipinski definition) is 5. The number of hydrazone groups is 1. The lowest BCUT2D eigenvalue weighted by molar-refractivity contribution is -0.142. The van der Waals surface area contributed by atoms with E-state index < -0.39 is 5.97 Å². The molecule has 0 aliphatic carbocycles. The van der Waals surface area contributed by atoms with Gasteiger partial charge in [0.15, 0.2) is 6.61 Å². The summed E-state index contributed by atoms with van der Waals surface area (Å²) < 4.78 is 9.89. The third kappa shape index (κ3) is 5.32. The van der Waals surface area contributed by atoms with Gasteiger partial charge in [-0.2, -0.15) is 5.10 Å². The number of aryl methyl sites for hydroxylation is 1. The Bertz CT molecular complexity index is 805. The van der Waals surface area contributed by atoms with Gasteiger partial charge in [-0.15, -0.1) is 0 Å². The number of ether oxygens (including phenoxy) is 2. The van der Waals surface area contributed by atoms with Crippen LogP contribution in [-0.4, -0.2) is 31.8 Å². The number of carbonyl (C=O) groups is 2. The monoisotopic (exact) mass is 360 g/mol. The Kier molecular flexibility index (Phi) is 6.54. The van der Waals surface area contributed by atoms with Gasteiger partial charge in [0.1, 0.15) is 5.75 Å². The average Bonchev–Trinajstić information content (AvgIpc) is 2.62. The van der Waals surface area contributed by atoms with E-state index in [1.54, 1.807) is 42.5 Å². The first kappa shape index (κ1) is 18.5. The number of halogens is 1. The first-order valence-electron chi connectivity index (χ1n) is 7.39. The van der Waals surface area contributed by atoms with Crippen LogP contribution in [0.15, 0.2) is 47.6 Å². The Hall–Kier alpha value is -2.86. The molecule has 0 heterocycles. The van der Waals surface area contributed by atoms with Crippen LogP contribution in [0.25, 0.3) is 0 Å². The summed E-state index contributed by atoms with van der Waals surface area (Å²) in [5, 5.41) is 4.43. The van der Waals surface area contributed by atoms with Crippen molar-refractivity contribution in [3.8, 4) is 5.75 Å². The molecule has 0 bridgehead atoms. The minimum absolute atomic E-state index is 0.213. The Balaban J connectivity index is 2.02. The van der Waals surface area contributed by atoms with E-state index in [4.69, 9.17) is 16.3 Å². The second kappa shape index (κ2) is 8.84. The van der Waals surface area contributed by atoms with Gasteiger partial charge in [0.2, 0.25) is 0 Å². The summed E-state index contributed by atoms with van der Waals surface area (Å²) in [5.41, 5.74) is 4.32. The fourth-order valence-corrected chi connectivity index (χ4v) is 2.05. The molecule has 0 aromatic heterocycles. The van der Waals surface area contributed by atoms with E-state index in [0.29, 0.717) is 21.9 Å². The molecule has 0 aliphatic rings. The zero-order chi connectivity index (χ0) is 18.2. The van der Waals surface area contributed by atoms with Crippen molar-refractivity contribution in [2.45, 2.75) is 6.92 Å². The highest BCUT2D eigenvalue weighted by Crippen LogP contribution is 2.17. The van der Waals surface area contributed by atoms with Crippen LogP contribution in [0.3, 0.4) is 0 Å². The fraction of sp³-hybridized carbons (Fsp3) is 0.167. The van der Waals surface area contributed by atoms with Crippen LogP contribution in [0.1, 0.15) is 21.5 Å². The molecule has 0 radical (unpaired) electrons. The van der Waals surface area contributed by atoms with Crippen molar-refractivity contribution in [2.24, 2.45) is 5.10 Å². The molecule has 0 atom stereocenters. The van der Waals surface area contributed by atoms with Crippen LogP contribution < -0.4 is 10.2 Å². The predicted molar refractivity (Wildman–Crippen MR) is 95.2 cm³/mol. The number of nitrogens with zero attached hydrogens (tertiary/aromatic N) is 1. The maximum absolute atomic E-state index is 12.1. The largest absolute Gasteiger partial charge is 0.481 e. The molecule has 0 aliphatic heterocycles. The molecule has 0 spiro atoms. The minimum atomic E-state index is -0.490. The second-order valence-corrected chi connectivity index (χ2v) is 5.47. The average molecular weight is 361 g/mol.